The van der Waals surface area contributed by atoms with Crippen LogP contribution in [0.25, 0.3) is 5.57 Å². The van der Waals surface area contributed by atoms with Gasteiger partial charge in [0, 0.05) is 13.5 Å². The molecule has 0 radical (unpaired) electrons. The van der Waals surface area contributed by atoms with Gasteiger partial charge in [0.1, 0.15) is 0 Å². The van der Waals surface area contributed by atoms with E-state index in [0.717, 1.165) is 12.8 Å². The number of carbonyl (C=O) groups excluding carboxylic acids is 2. The first-order valence-electron chi connectivity index (χ1n) is 7.97. The number of hydrogen-bond donors (Lipinski definition) is 1. The van der Waals surface area contributed by atoms with Crippen LogP contribution in [0.4, 0.5) is 0 Å². The summed E-state index contributed by atoms with van der Waals surface area (Å²) in [6.07, 6.45) is 1.80. The highest BCUT2D eigenvalue weighted by molar-refractivity contribution is 6.01. The molecule has 1 heterocycles. The molecule has 24 heavy (non-hydrogen) atoms. The summed E-state index contributed by atoms with van der Waals surface area (Å²) < 4.78 is 15.8. The van der Waals surface area contributed by atoms with E-state index >= 15 is 0 Å². The maximum absolute atomic E-state index is 11.9. The molecule has 0 saturated heterocycles. The Kier molecular flexibility index (Phi) is 5.98. The van der Waals surface area contributed by atoms with Gasteiger partial charge in [0.15, 0.2) is 0 Å². The van der Waals surface area contributed by atoms with Crippen molar-refractivity contribution in [3.63, 3.8) is 0 Å². The number of unbranched alkanes of at least 4 members (excludes halogenated alkanes) is 1. The van der Waals surface area contributed by atoms with Gasteiger partial charge in [-0.2, -0.15) is 0 Å². The van der Waals surface area contributed by atoms with Gasteiger partial charge in [-0.1, -0.05) is 43.7 Å². The van der Waals surface area contributed by atoms with Crippen LogP contribution in [0.15, 0.2) is 36.1 Å². The number of aliphatic hydroxyl groups is 1. The van der Waals surface area contributed by atoms with Crippen LogP contribution in [0.5, 0.6) is 0 Å². The Hall–Kier alpha value is -2.34. The van der Waals surface area contributed by atoms with E-state index in [1.54, 1.807) is 24.3 Å². The number of rotatable bonds is 8. The number of methoxy groups -OCH3 is 1. The van der Waals surface area contributed by atoms with Crippen LogP contribution in [-0.2, 0) is 23.8 Å². The third kappa shape index (κ3) is 3.76. The molecule has 0 saturated carbocycles. The van der Waals surface area contributed by atoms with Gasteiger partial charge >= 0.3 is 11.9 Å². The van der Waals surface area contributed by atoms with Crippen LogP contribution >= 0.6 is 0 Å². The fourth-order valence-electron chi connectivity index (χ4n) is 2.58. The fraction of sp³-hybridized carbons (Fsp3) is 0.444. The molecule has 0 bridgehead atoms. The van der Waals surface area contributed by atoms with Gasteiger partial charge in [-0.05, 0) is 12.0 Å². The lowest BCUT2D eigenvalue weighted by Gasteiger charge is -2.28. The molecular weight excluding hydrogens is 312 g/mol. The molecule has 1 aromatic carbocycles. The smallest absolute Gasteiger partial charge is 0.376 e. The average molecular weight is 334 g/mol. The van der Waals surface area contributed by atoms with Gasteiger partial charge in [0.25, 0.3) is 0 Å². The minimum Gasteiger partial charge on any atom is -0.501 e. The average Bonchev–Trinajstić information content (AvgIpc) is 2.85. The number of carbonyl (C=O) groups is 2. The summed E-state index contributed by atoms with van der Waals surface area (Å²) in [6, 6.07) is 8.84. The highest BCUT2D eigenvalue weighted by atomic mass is 16.7. The quantitative estimate of drug-likeness (QED) is 0.581. The van der Waals surface area contributed by atoms with Crippen molar-refractivity contribution < 1.29 is 28.9 Å². The molecule has 1 aliphatic rings. The van der Waals surface area contributed by atoms with Crippen LogP contribution < -0.4 is 0 Å². The summed E-state index contributed by atoms with van der Waals surface area (Å²) in [7, 11) is 1.37. The second kappa shape index (κ2) is 7.97. The van der Waals surface area contributed by atoms with E-state index in [9.17, 15) is 14.7 Å². The number of ether oxygens (including phenoxy) is 3. The van der Waals surface area contributed by atoms with Crippen molar-refractivity contribution in [3.05, 3.63) is 41.7 Å². The Morgan fingerprint density at radius 3 is 2.62 bits per heavy atom. The zero-order chi connectivity index (χ0) is 17.6. The SMILES string of the molecule is CCCCOC(=O)CC[C@]1(OC)OC(=O)C(O)=C1c1ccccc1. The van der Waals surface area contributed by atoms with Gasteiger partial charge in [-0.3, -0.25) is 4.79 Å². The number of aliphatic hydroxyl groups excluding tert-OH is 1. The molecule has 1 atom stereocenters. The molecule has 0 aromatic heterocycles. The molecular formula is C18H22O6. The van der Waals surface area contributed by atoms with Crippen molar-refractivity contribution in [2.75, 3.05) is 13.7 Å². The molecule has 1 aromatic rings. The normalized spacial score (nSPS) is 20.2. The van der Waals surface area contributed by atoms with E-state index in [1.165, 1.54) is 7.11 Å². The Balaban J connectivity index is 2.18. The van der Waals surface area contributed by atoms with Crippen LogP contribution in [-0.4, -0.2) is 36.5 Å². The van der Waals surface area contributed by atoms with E-state index < -0.39 is 23.5 Å². The van der Waals surface area contributed by atoms with E-state index in [2.05, 4.69) is 0 Å². The number of benzene rings is 1. The molecule has 6 nitrogen and oxygen atoms in total. The molecule has 0 amide bonds. The summed E-state index contributed by atoms with van der Waals surface area (Å²) in [5.74, 6) is -3.25. The molecule has 1 aliphatic heterocycles. The van der Waals surface area contributed by atoms with Crippen molar-refractivity contribution in [3.8, 4) is 0 Å². The molecule has 0 aliphatic carbocycles. The van der Waals surface area contributed by atoms with Gasteiger partial charge in [0.05, 0.1) is 18.6 Å². The highest BCUT2D eigenvalue weighted by Crippen LogP contribution is 2.42. The van der Waals surface area contributed by atoms with Crippen LogP contribution in [0.1, 0.15) is 38.2 Å². The minimum atomic E-state index is -1.49. The maximum Gasteiger partial charge on any atom is 0.376 e. The van der Waals surface area contributed by atoms with Crippen molar-refractivity contribution in [1.82, 2.24) is 0 Å². The predicted molar refractivity (Wildman–Crippen MR) is 86.9 cm³/mol. The highest BCUT2D eigenvalue weighted by Gasteiger charge is 2.49. The predicted octanol–water partition coefficient (Wildman–Crippen LogP) is 2.98. The zero-order valence-corrected chi connectivity index (χ0v) is 13.9. The number of esters is 2. The summed E-state index contributed by atoms with van der Waals surface area (Å²) in [5.41, 5.74) is 0.832. The Bertz CT molecular complexity index is 622. The molecule has 2 rings (SSSR count). The Morgan fingerprint density at radius 1 is 1.29 bits per heavy atom. The lowest BCUT2D eigenvalue weighted by molar-refractivity contribution is -0.190. The standard InChI is InChI=1S/C18H22O6/c1-3-4-12-23-14(19)10-11-18(22-2)15(16(20)17(21)24-18)13-8-6-5-7-9-13/h5-9,20H,3-4,10-12H2,1-2H3/t18-/m0/s1. The Labute approximate surface area is 141 Å². The monoisotopic (exact) mass is 334 g/mol. The lowest BCUT2D eigenvalue weighted by atomic mass is 9.94. The largest absolute Gasteiger partial charge is 0.501 e. The zero-order valence-electron chi connectivity index (χ0n) is 13.9. The molecule has 6 heteroatoms. The minimum absolute atomic E-state index is 0.00838. The van der Waals surface area contributed by atoms with Crippen LogP contribution in [0.2, 0.25) is 0 Å². The van der Waals surface area contributed by atoms with Gasteiger partial charge < -0.3 is 19.3 Å². The lowest BCUT2D eigenvalue weighted by Crippen LogP contribution is -2.34. The summed E-state index contributed by atoms with van der Waals surface area (Å²) in [4.78, 5) is 23.7. The van der Waals surface area contributed by atoms with Gasteiger partial charge in [-0.25, -0.2) is 4.79 Å². The topological polar surface area (TPSA) is 82.1 Å². The first-order chi connectivity index (χ1) is 11.5. The van der Waals surface area contributed by atoms with Crippen LogP contribution in [0.3, 0.4) is 0 Å². The third-order valence-corrected chi connectivity index (χ3v) is 3.88. The summed E-state index contributed by atoms with van der Waals surface area (Å²) >= 11 is 0. The van der Waals surface area contributed by atoms with E-state index in [0.29, 0.717) is 12.2 Å². The molecule has 130 valence electrons. The van der Waals surface area contributed by atoms with E-state index in [4.69, 9.17) is 14.2 Å². The first-order valence-corrected chi connectivity index (χ1v) is 7.97. The fourth-order valence-corrected chi connectivity index (χ4v) is 2.58. The Morgan fingerprint density at radius 2 is 2.00 bits per heavy atom. The second-order valence-electron chi connectivity index (χ2n) is 5.51. The molecule has 1 N–H and O–H groups in total. The van der Waals surface area contributed by atoms with Crippen LogP contribution in [0, 0.1) is 0 Å². The van der Waals surface area contributed by atoms with Crippen molar-refractivity contribution >= 4 is 17.5 Å². The molecule has 0 unspecified atom stereocenters. The van der Waals surface area contributed by atoms with Crippen molar-refractivity contribution in [2.45, 2.75) is 38.4 Å². The van der Waals surface area contributed by atoms with E-state index in [1.807, 2.05) is 13.0 Å². The third-order valence-electron chi connectivity index (χ3n) is 3.88. The first kappa shape index (κ1) is 18.0. The van der Waals surface area contributed by atoms with Gasteiger partial charge in [0.2, 0.25) is 11.5 Å². The van der Waals surface area contributed by atoms with Crippen molar-refractivity contribution in [1.29, 1.82) is 0 Å². The molecule has 0 spiro atoms. The maximum atomic E-state index is 11.9. The summed E-state index contributed by atoms with van der Waals surface area (Å²) in [6.45, 7) is 2.37. The van der Waals surface area contributed by atoms with Gasteiger partial charge in [-0.15, -0.1) is 0 Å². The number of cyclic esters (lactones) is 1. The number of hydrogen-bond acceptors (Lipinski definition) is 6. The van der Waals surface area contributed by atoms with E-state index in [-0.39, 0.29) is 18.4 Å². The van der Waals surface area contributed by atoms with Crippen molar-refractivity contribution in [2.24, 2.45) is 0 Å². The molecule has 0 fully saturated rings. The second-order valence-corrected chi connectivity index (χ2v) is 5.51. The summed E-state index contributed by atoms with van der Waals surface area (Å²) in [5, 5.41) is 10.1.